The molecule has 1 saturated heterocycles. The zero-order chi connectivity index (χ0) is 13.0. The van der Waals surface area contributed by atoms with Gasteiger partial charge in [0, 0.05) is 6.54 Å². The summed E-state index contributed by atoms with van der Waals surface area (Å²) in [5.41, 5.74) is 0.0922. The van der Waals surface area contributed by atoms with Gasteiger partial charge in [-0.1, -0.05) is 33.1 Å². The minimum atomic E-state index is -0.00478. The van der Waals surface area contributed by atoms with Crippen LogP contribution in [0.2, 0.25) is 0 Å². The molecular weight excluding hydrogens is 224 g/mol. The molecule has 0 bridgehead atoms. The summed E-state index contributed by atoms with van der Waals surface area (Å²) in [6.07, 6.45) is 8.97. The van der Waals surface area contributed by atoms with Crippen molar-refractivity contribution >= 4 is 5.91 Å². The predicted molar refractivity (Wildman–Crippen MR) is 74.4 cm³/mol. The van der Waals surface area contributed by atoms with Crippen LogP contribution in [0.4, 0.5) is 0 Å². The summed E-state index contributed by atoms with van der Waals surface area (Å²) in [7, 11) is 0. The van der Waals surface area contributed by atoms with Crippen molar-refractivity contribution in [3.05, 3.63) is 0 Å². The second kappa shape index (κ2) is 6.05. The maximum atomic E-state index is 12.3. The highest BCUT2D eigenvalue weighted by Crippen LogP contribution is 2.30. The van der Waals surface area contributed by atoms with Crippen molar-refractivity contribution in [3.8, 4) is 0 Å². The molecule has 0 aromatic heterocycles. The van der Waals surface area contributed by atoms with Crippen molar-refractivity contribution in [2.75, 3.05) is 13.1 Å². The van der Waals surface area contributed by atoms with Crippen molar-refractivity contribution in [2.24, 2.45) is 11.3 Å². The van der Waals surface area contributed by atoms with Gasteiger partial charge in [0.2, 0.25) is 5.91 Å². The van der Waals surface area contributed by atoms with E-state index in [1.165, 1.54) is 38.5 Å². The third-order valence-corrected chi connectivity index (χ3v) is 4.68. The fourth-order valence-electron chi connectivity index (χ4n) is 3.40. The van der Waals surface area contributed by atoms with E-state index in [1.807, 2.05) is 0 Å². The molecule has 3 nitrogen and oxygen atoms in total. The van der Waals surface area contributed by atoms with Crippen LogP contribution in [0, 0.1) is 11.3 Å². The average Bonchev–Trinajstić information content (AvgIpc) is 2.37. The first kappa shape index (κ1) is 13.9. The quantitative estimate of drug-likeness (QED) is 0.810. The van der Waals surface area contributed by atoms with E-state index in [-0.39, 0.29) is 17.4 Å². The summed E-state index contributed by atoms with van der Waals surface area (Å²) in [4.78, 5) is 12.3. The molecule has 3 heteroatoms. The lowest BCUT2D eigenvalue weighted by Crippen LogP contribution is -2.56. The molecule has 1 amide bonds. The highest BCUT2D eigenvalue weighted by molar-refractivity contribution is 5.82. The minimum Gasteiger partial charge on any atom is -0.354 e. The maximum absolute atomic E-state index is 12.3. The molecule has 1 saturated carbocycles. The highest BCUT2D eigenvalue weighted by atomic mass is 16.2. The lowest BCUT2D eigenvalue weighted by Gasteiger charge is -2.38. The van der Waals surface area contributed by atoms with Crippen LogP contribution in [-0.4, -0.2) is 25.0 Å². The van der Waals surface area contributed by atoms with Crippen LogP contribution in [0.5, 0.6) is 0 Å². The fraction of sp³-hybridized carbons (Fsp3) is 0.933. The molecule has 2 N–H and O–H groups in total. The molecule has 1 aliphatic heterocycles. The minimum absolute atomic E-state index is 0.00478. The van der Waals surface area contributed by atoms with Gasteiger partial charge in [-0.25, -0.2) is 0 Å². The summed E-state index contributed by atoms with van der Waals surface area (Å²) in [6, 6.07) is -0.00478. The molecule has 1 atom stereocenters. The van der Waals surface area contributed by atoms with Gasteiger partial charge in [0.25, 0.3) is 0 Å². The molecule has 18 heavy (non-hydrogen) atoms. The van der Waals surface area contributed by atoms with Gasteiger partial charge in [-0.15, -0.1) is 0 Å². The van der Waals surface area contributed by atoms with Crippen LogP contribution >= 0.6 is 0 Å². The molecule has 0 aromatic rings. The molecule has 1 heterocycles. The van der Waals surface area contributed by atoms with Gasteiger partial charge in [-0.2, -0.15) is 0 Å². The Kier molecular flexibility index (Phi) is 4.66. The van der Waals surface area contributed by atoms with Crippen LogP contribution in [0.25, 0.3) is 0 Å². The topological polar surface area (TPSA) is 41.1 Å². The highest BCUT2D eigenvalue weighted by Gasteiger charge is 2.37. The molecule has 1 aliphatic carbocycles. The summed E-state index contributed by atoms with van der Waals surface area (Å²) in [6.45, 7) is 6.26. The van der Waals surface area contributed by atoms with E-state index in [9.17, 15) is 4.79 Å². The first-order valence-corrected chi connectivity index (χ1v) is 7.61. The zero-order valence-corrected chi connectivity index (χ0v) is 11.9. The van der Waals surface area contributed by atoms with Crippen LogP contribution in [0.15, 0.2) is 0 Å². The summed E-state index contributed by atoms with van der Waals surface area (Å²) >= 11 is 0. The van der Waals surface area contributed by atoms with Crippen LogP contribution < -0.4 is 10.6 Å². The second-order valence-electron chi connectivity index (χ2n) is 6.73. The van der Waals surface area contributed by atoms with Gasteiger partial charge in [-0.3, -0.25) is 4.79 Å². The van der Waals surface area contributed by atoms with Crippen molar-refractivity contribution in [1.29, 1.82) is 0 Å². The van der Waals surface area contributed by atoms with Crippen LogP contribution in [-0.2, 0) is 4.79 Å². The van der Waals surface area contributed by atoms with E-state index in [0.717, 1.165) is 25.4 Å². The Morgan fingerprint density at radius 1 is 1.22 bits per heavy atom. The average molecular weight is 252 g/mol. The van der Waals surface area contributed by atoms with Crippen LogP contribution in [0.1, 0.15) is 58.8 Å². The first-order valence-electron chi connectivity index (χ1n) is 7.61. The smallest absolute Gasteiger partial charge is 0.237 e. The van der Waals surface area contributed by atoms with E-state index in [1.54, 1.807) is 0 Å². The largest absolute Gasteiger partial charge is 0.354 e. The fourth-order valence-corrected chi connectivity index (χ4v) is 3.40. The third kappa shape index (κ3) is 3.47. The Balaban J connectivity index is 1.79. The Bertz CT molecular complexity index is 282. The van der Waals surface area contributed by atoms with E-state index >= 15 is 0 Å². The van der Waals surface area contributed by atoms with E-state index in [0.29, 0.717) is 0 Å². The SMILES string of the molecule is CC1(C)CCCNC1C(=O)NCC1CCCCC1. The standard InChI is InChI=1S/C15H28N2O/c1-15(2)9-6-10-16-13(15)14(18)17-11-12-7-4-3-5-8-12/h12-13,16H,3-11H2,1-2H3,(H,17,18). The lowest BCUT2D eigenvalue weighted by molar-refractivity contribution is -0.127. The van der Waals surface area contributed by atoms with Crippen LogP contribution in [0.3, 0.4) is 0 Å². The number of hydrogen-bond donors (Lipinski definition) is 2. The Morgan fingerprint density at radius 3 is 2.61 bits per heavy atom. The van der Waals surface area contributed by atoms with Gasteiger partial charge in [0.1, 0.15) is 0 Å². The number of nitrogens with one attached hydrogen (secondary N) is 2. The summed E-state index contributed by atoms with van der Waals surface area (Å²) < 4.78 is 0. The summed E-state index contributed by atoms with van der Waals surface area (Å²) in [5, 5.41) is 6.56. The number of carbonyl (C=O) groups excluding carboxylic acids is 1. The molecule has 2 fully saturated rings. The molecule has 0 aromatic carbocycles. The number of piperidine rings is 1. The Hall–Kier alpha value is -0.570. The zero-order valence-electron chi connectivity index (χ0n) is 11.9. The molecule has 0 radical (unpaired) electrons. The molecule has 2 rings (SSSR count). The molecular formula is C15H28N2O. The predicted octanol–water partition coefficient (Wildman–Crippen LogP) is 2.46. The van der Waals surface area contributed by atoms with Gasteiger partial charge in [0.15, 0.2) is 0 Å². The molecule has 2 aliphatic rings. The number of hydrogen-bond acceptors (Lipinski definition) is 2. The van der Waals surface area contributed by atoms with Crippen molar-refractivity contribution < 1.29 is 4.79 Å². The number of rotatable bonds is 3. The van der Waals surface area contributed by atoms with E-state index in [4.69, 9.17) is 0 Å². The molecule has 0 spiro atoms. The van der Waals surface area contributed by atoms with Gasteiger partial charge in [0.05, 0.1) is 6.04 Å². The second-order valence-corrected chi connectivity index (χ2v) is 6.73. The molecule has 1 unspecified atom stereocenters. The lowest BCUT2D eigenvalue weighted by atomic mass is 9.77. The maximum Gasteiger partial charge on any atom is 0.237 e. The third-order valence-electron chi connectivity index (χ3n) is 4.68. The number of amides is 1. The van der Waals surface area contributed by atoms with Gasteiger partial charge >= 0.3 is 0 Å². The normalized spacial score (nSPS) is 28.9. The summed E-state index contributed by atoms with van der Waals surface area (Å²) in [5.74, 6) is 0.930. The Morgan fingerprint density at radius 2 is 1.94 bits per heavy atom. The number of carbonyl (C=O) groups is 1. The molecule has 104 valence electrons. The van der Waals surface area contributed by atoms with Crippen molar-refractivity contribution in [2.45, 2.75) is 64.8 Å². The van der Waals surface area contributed by atoms with Crippen molar-refractivity contribution in [1.82, 2.24) is 10.6 Å². The van der Waals surface area contributed by atoms with E-state index in [2.05, 4.69) is 24.5 Å². The first-order chi connectivity index (χ1) is 8.59. The van der Waals surface area contributed by atoms with Crippen molar-refractivity contribution in [3.63, 3.8) is 0 Å². The van der Waals surface area contributed by atoms with Gasteiger partial charge in [-0.05, 0) is 43.6 Å². The van der Waals surface area contributed by atoms with E-state index < -0.39 is 0 Å². The Labute approximate surface area is 111 Å². The monoisotopic (exact) mass is 252 g/mol. The van der Waals surface area contributed by atoms with Gasteiger partial charge < -0.3 is 10.6 Å².